The van der Waals surface area contributed by atoms with Crippen LogP contribution in [0.4, 0.5) is 0 Å². The molecule has 2 N–H and O–H groups in total. The lowest BCUT2D eigenvalue weighted by atomic mass is 9.82. The molecule has 1 aromatic rings. The number of hydrogen-bond acceptors (Lipinski definition) is 1. The average molecular weight is 271 g/mol. The standard InChI is InChI=1S/C18H25NO/c19-18(20)12-17(16-10-11-16)15-8-6-14(7-9-15)13-4-2-1-3-5-13/h6-9,13,16-17H,1-5,10-12H2,(H2,19,20). The highest BCUT2D eigenvalue weighted by Crippen LogP contribution is 2.44. The molecule has 3 rings (SSSR count). The largest absolute Gasteiger partial charge is 0.370 e. The highest BCUT2D eigenvalue weighted by Gasteiger charge is 2.33. The van der Waals surface area contributed by atoms with Gasteiger partial charge in [0.2, 0.25) is 5.91 Å². The first-order valence-corrected chi connectivity index (χ1v) is 8.12. The first-order chi connectivity index (χ1) is 9.74. The fourth-order valence-corrected chi connectivity index (χ4v) is 3.72. The zero-order valence-corrected chi connectivity index (χ0v) is 12.2. The first-order valence-electron chi connectivity index (χ1n) is 8.12. The van der Waals surface area contributed by atoms with E-state index in [2.05, 4.69) is 24.3 Å². The second kappa shape index (κ2) is 5.99. The Balaban J connectivity index is 1.72. The van der Waals surface area contributed by atoms with E-state index in [0.29, 0.717) is 18.3 Å². The summed E-state index contributed by atoms with van der Waals surface area (Å²) in [6.07, 6.45) is 9.84. The molecule has 0 spiro atoms. The zero-order chi connectivity index (χ0) is 13.9. The third-order valence-electron chi connectivity index (χ3n) is 5.05. The van der Waals surface area contributed by atoms with Crippen LogP contribution in [0, 0.1) is 5.92 Å². The van der Waals surface area contributed by atoms with Crippen LogP contribution in [0.5, 0.6) is 0 Å². The normalized spacial score (nSPS) is 21.6. The maximum Gasteiger partial charge on any atom is 0.218 e. The Morgan fingerprint density at radius 3 is 2.25 bits per heavy atom. The Hall–Kier alpha value is -1.31. The van der Waals surface area contributed by atoms with Crippen molar-refractivity contribution in [3.63, 3.8) is 0 Å². The summed E-state index contributed by atoms with van der Waals surface area (Å²) in [6, 6.07) is 9.08. The molecule has 0 bridgehead atoms. The Labute approximate surface area is 121 Å². The van der Waals surface area contributed by atoms with Crippen molar-refractivity contribution < 1.29 is 4.79 Å². The molecule has 0 aliphatic heterocycles. The Morgan fingerprint density at radius 1 is 1.05 bits per heavy atom. The Morgan fingerprint density at radius 2 is 1.70 bits per heavy atom. The molecule has 2 aliphatic carbocycles. The van der Waals surface area contributed by atoms with Gasteiger partial charge in [-0.3, -0.25) is 4.79 Å². The third kappa shape index (κ3) is 3.23. The van der Waals surface area contributed by atoms with Crippen LogP contribution in [0.25, 0.3) is 0 Å². The highest BCUT2D eigenvalue weighted by molar-refractivity contribution is 5.74. The van der Waals surface area contributed by atoms with Gasteiger partial charge >= 0.3 is 0 Å². The predicted octanol–water partition coefficient (Wildman–Crippen LogP) is 4.10. The van der Waals surface area contributed by atoms with E-state index in [1.54, 1.807) is 0 Å². The van der Waals surface area contributed by atoms with E-state index in [0.717, 1.165) is 5.92 Å². The molecule has 2 aliphatic rings. The fourth-order valence-electron chi connectivity index (χ4n) is 3.72. The van der Waals surface area contributed by atoms with E-state index < -0.39 is 0 Å². The van der Waals surface area contributed by atoms with Crippen molar-refractivity contribution in [3.05, 3.63) is 35.4 Å². The summed E-state index contributed by atoms with van der Waals surface area (Å²) in [6.45, 7) is 0. The SMILES string of the molecule is NC(=O)CC(c1ccc(C2CCCCC2)cc1)C1CC1. The summed E-state index contributed by atoms with van der Waals surface area (Å²) in [5.41, 5.74) is 8.20. The second-order valence-corrected chi connectivity index (χ2v) is 6.62. The molecule has 108 valence electrons. The van der Waals surface area contributed by atoms with Gasteiger partial charge in [0, 0.05) is 6.42 Å². The van der Waals surface area contributed by atoms with E-state index in [-0.39, 0.29) is 5.91 Å². The summed E-state index contributed by atoms with van der Waals surface area (Å²) >= 11 is 0. The van der Waals surface area contributed by atoms with Crippen LogP contribution in [0.15, 0.2) is 24.3 Å². The number of amides is 1. The Bertz CT molecular complexity index is 455. The molecule has 1 amide bonds. The average Bonchev–Trinajstić information content (AvgIpc) is 3.30. The van der Waals surface area contributed by atoms with Crippen molar-refractivity contribution in [2.75, 3.05) is 0 Å². The predicted molar refractivity (Wildman–Crippen MR) is 81.5 cm³/mol. The van der Waals surface area contributed by atoms with E-state index in [4.69, 9.17) is 5.73 Å². The minimum atomic E-state index is -0.168. The molecule has 2 nitrogen and oxygen atoms in total. The summed E-state index contributed by atoms with van der Waals surface area (Å²) in [4.78, 5) is 11.3. The van der Waals surface area contributed by atoms with Gasteiger partial charge in [0.15, 0.2) is 0 Å². The van der Waals surface area contributed by atoms with Crippen molar-refractivity contribution >= 4 is 5.91 Å². The molecule has 1 unspecified atom stereocenters. The van der Waals surface area contributed by atoms with E-state index in [1.165, 1.54) is 56.1 Å². The number of nitrogens with two attached hydrogens (primary N) is 1. The number of benzene rings is 1. The van der Waals surface area contributed by atoms with Crippen LogP contribution in [0.1, 0.15) is 74.3 Å². The number of carbonyl (C=O) groups is 1. The molecule has 0 aromatic heterocycles. The summed E-state index contributed by atoms with van der Waals surface area (Å²) < 4.78 is 0. The minimum absolute atomic E-state index is 0.168. The minimum Gasteiger partial charge on any atom is -0.370 e. The van der Waals surface area contributed by atoms with E-state index in [1.807, 2.05) is 0 Å². The maximum atomic E-state index is 11.3. The van der Waals surface area contributed by atoms with Crippen LogP contribution in [0.3, 0.4) is 0 Å². The van der Waals surface area contributed by atoms with Gasteiger partial charge in [0.1, 0.15) is 0 Å². The second-order valence-electron chi connectivity index (χ2n) is 6.62. The number of rotatable bonds is 5. The molecular weight excluding hydrogens is 246 g/mol. The molecule has 2 saturated carbocycles. The lowest BCUT2D eigenvalue weighted by molar-refractivity contribution is -0.118. The van der Waals surface area contributed by atoms with Crippen LogP contribution < -0.4 is 5.73 Å². The van der Waals surface area contributed by atoms with Crippen molar-refractivity contribution in [1.29, 1.82) is 0 Å². The van der Waals surface area contributed by atoms with Gasteiger partial charge in [-0.05, 0) is 54.6 Å². The summed E-state index contributed by atoms with van der Waals surface area (Å²) in [5, 5.41) is 0. The van der Waals surface area contributed by atoms with Crippen molar-refractivity contribution in [3.8, 4) is 0 Å². The number of primary amides is 1. The molecule has 0 radical (unpaired) electrons. The fraction of sp³-hybridized carbons (Fsp3) is 0.611. The summed E-state index contributed by atoms with van der Waals surface area (Å²) in [5.74, 6) is 1.63. The van der Waals surface area contributed by atoms with Gasteiger partial charge in [-0.25, -0.2) is 0 Å². The summed E-state index contributed by atoms with van der Waals surface area (Å²) in [7, 11) is 0. The van der Waals surface area contributed by atoms with Gasteiger partial charge in [-0.2, -0.15) is 0 Å². The van der Waals surface area contributed by atoms with Gasteiger partial charge < -0.3 is 5.73 Å². The molecule has 2 fully saturated rings. The van der Waals surface area contributed by atoms with Crippen molar-refractivity contribution in [2.24, 2.45) is 11.7 Å². The molecule has 1 atom stereocenters. The molecule has 1 aromatic carbocycles. The molecular formula is C18H25NO. The van der Waals surface area contributed by atoms with Crippen molar-refractivity contribution in [2.45, 2.75) is 63.2 Å². The zero-order valence-electron chi connectivity index (χ0n) is 12.2. The Kier molecular flexibility index (Phi) is 4.09. The molecule has 2 heteroatoms. The topological polar surface area (TPSA) is 43.1 Å². The monoisotopic (exact) mass is 271 g/mol. The maximum absolute atomic E-state index is 11.3. The van der Waals surface area contributed by atoms with Crippen molar-refractivity contribution in [1.82, 2.24) is 0 Å². The van der Waals surface area contributed by atoms with Crippen LogP contribution in [-0.4, -0.2) is 5.91 Å². The van der Waals surface area contributed by atoms with E-state index in [9.17, 15) is 4.79 Å². The van der Waals surface area contributed by atoms with Gasteiger partial charge in [-0.15, -0.1) is 0 Å². The van der Waals surface area contributed by atoms with Crippen LogP contribution in [-0.2, 0) is 4.79 Å². The van der Waals surface area contributed by atoms with Gasteiger partial charge in [-0.1, -0.05) is 43.5 Å². The molecule has 0 heterocycles. The lowest BCUT2D eigenvalue weighted by Crippen LogP contribution is -2.16. The van der Waals surface area contributed by atoms with E-state index >= 15 is 0 Å². The molecule has 0 saturated heterocycles. The lowest BCUT2D eigenvalue weighted by Gasteiger charge is -2.23. The quantitative estimate of drug-likeness (QED) is 0.860. The van der Waals surface area contributed by atoms with Crippen LogP contribution >= 0.6 is 0 Å². The highest BCUT2D eigenvalue weighted by atomic mass is 16.1. The number of hydrogen-bond donors (Lipinski definition) is 1. The van der Waals surface area contributed by atoms with Crippen LogP contribution in [0.2, 0.25) is 0 Å². The first kappa shape index (κ1) is 13.7. The van der Waals surface area contributed by atoms with Gasteiger partial charge in [0.05, 0.1) is 0 Å². The molecule has 20 heavy (non-hydrogen) atoms. The van der Waals surface area contributed by atoms with Gasteiger partial charge in [0.25, 0.3) is 0 Å². The smallest absolute Gasteiger partial charge is 0.218 e. The number of carbonyl (C=O) groups excluding carboxylic acids is 1. The third-order valence-corrected chi connectivity index (χ3v) is 5.05.